The number of nitrogens with zero attached hydrogens (tertiary/aromatic N) is 4. The van der Waals surface area contributed by atoms with E-state index >= 15 is 0 Å². The van der Waals surface area contributed by atoms with Gasteiger partial charge < -0.3 is 18.5 Å². The van der Waals surface area contributed by atoms with Gasteiger partial charge in [-0.25, -0.2) is 9.41 Å². The summed E-state index contributed by atoms with van der Waals surface area (Å²) >= 11 is 0. The topological polar surface area (TPSA) is 120 Å². The van der Waals surface area contributed by atoms with Crippen molar-refractivity contribution >= 4 is 19.2 Å². The van der Waals surface area contributed by atoms with Crippen LogP contribution < -0.4 is 18.5 Å². The van der Waals surface area contributed by atoms with E-state index in [1.165, 1.54) is 54.6 Å². The Bertz CT molecular complexity index is 1780. The number of terminal acetylenes is 1. The Morgan fingerprint density at radius 3 is 1.76 bits per heavy atom. The molecule has 10 nitrogen and oxygen atoms in total. The van der Waals surface area contributed by atoms with Crippen molar-refractivity contribution in [2.45, 2.75) is 0 Å². The molecule has 0 aliphatic carbocycles. The van der Waals surface area contributed by atoms with Crippen molar-refractivity contribution in [2.75, 3.05) is 6.61 Å². The van der Waals surface area contributed by atoms with Crippen molar-refractivity contribution < 1.29 is 27.6 Å². The first-order valence-electron chi connectivity index (χ1n) is 11.8. The van der Waals surface area contributed by atoms with E-state index in [0.29, 0.717) is 11.5 Å². The Kier molecular flexibility index (Phi) is 9.07. The molecule has 0 bridgehead atoms. The quantitative estimate of drug-likeness (QED) is 0.106. The Balaban J connectivity index is 1.53. The van der Waals surface area contributed by atoms with Gasteiger partial charge in [0, 0.05) is 12.1 Å². The molecule has 1 unspecified atom stereocenters. The van der Waals surface area contributed by atoms with E-state index in [2.05, 4.69) is 15.6 Å². The Labute approximate surface area is 241 Å². The summed E-state index contributed by atoms with van der Waals surface area (Å²) in [5, 5.41) is 18.4. The number of ether oxygens (including phenoxy) is 2. The van der Waals surface area contributed by atoms with Crippen molar-refractivity contribution in [1.29, 1.82) is 10.5 Å². The van der Waals surface area contributed by atoms with Crippen LogP contribution in [0.25, 0.3) is 9.69 Å². The summed E-state index contributed by atoms with van der Waals surface area (Å²) in [6.45, 7) is 14.0. The van der Waals surface area contributed by atoms with Gasteiger partial charge in [0.05, 0.1) is 24.3 Å². The molecule has 0 aliphatic rings. The van der Waals surface area contributed by atoms with Crippen LogP contribution in [0.3, 0.4) is 0 Å². The molecule has 0 saturated heterocycles. The summed E-state index contributed by atoms with van der Waals surface area (Å²) in [6, 6.07) is 25.0. The van der Waals surface area contributed by atoms with Crippen molar-refractivity contribution in [3.05, 3.63) is 119 Å². The van der Waals surface area contributed by atoms with Gasteiger partial charge in [0.2, 0.25) is 0 Å². The second-order valence-electron chi connectivity index (χ2n) is 8.07. The van der Waals surface area contributed by atoms with E-state index in [1.807, 2.05) is 12.1 Å². The minimum absolute atomic E-state index is 0.0704. The van der Waals surface area contributed by atoms with E-state index in [4.69, 9.17) is 47.9 Å². The van der Waals surface area contributed by atoms with E-state index in [-0.39, 0.29) is 52.1 Å². The molecule has 4 aromatic carbocycles. The first-order chi connectivity index (χ1) is 20.4. The molecule has 202 valence electrons. The van der Waals surface area contributed by atoms with Crippen LogP contribution in [-0.4, -0.2) is 6.61 Å². The Morgan fingerprint density at radius 2 is 1.21 bits per heavy atom. The maximum Gasteiger partial charge on any atom is 0.588 e. The highest BCUT2D eigenvalue weighted by Gasteiger charge is 2.31. The van der Waals surface area contributed by atoms with E-state index in [9.17, 15) is 9.83 Å². The first kappa shape index (κ1) is 28.8. The predicted octanol–water partition coefficient (Wildman–Crippen LogP) is 8.33. The molecule has 42 heavy (non-hydrogen) atoms. The van der Waals surface area contributed by atoms with E-state index < -0.39 is 7.82 Å². The number of hydrogen-bond acceptors (Lipinski definition) is 8. The molecule has 0 amide bonds. The van der Waals surface area contributed by atoms with Crippen LogP contribution in [0.5, 0.6) is 34.5 Å². The average Bonchev–Trinajstić information content (AvgIpc) is 3.00. The van der Waals surface area contributed by atoms with Crippen LogP contribution in [0.4, 0.5) is 11.4 Å². The molecular formula is C31H17N4O6P. The molecule has 0 radical (unpaired) electrons. The molecule has 0 heterocycles. The van der Waals surface area contributed by atoms with Gasteiger partial charge >= 0.3 is 7.82 Å². The number of hydrogen-bond donors (Lipinski definition) is 0. The van der Waals surface area contributed by atoms with Gasteiger partial charge in [-0.15, -0.1) is 6.42 Å². The van der Waals surface area contributed by atoms with Crippen molar-refractivity contribution in [2.24, 2.45) is 0 Å². The lowest BCUT2D eigenvalue weighted by Crippen LogP contribution is -2.05. The molecule has 1 atom stereocenters. The zero-order valence-corrected chi connectivity index (χ0v) is 22.4. The van der Waals surface area contributed by atoms with Gasteiger partial charge in [-0.3, -0.25) is 9.37 Å². The second-order valence-corrected chi connectivity index (χ2v) is 9.58. The van der Waals surface area contributed by atoms with Gasteiger partial charge in [-0.1, -0.05) is 24.1 Å². The molecule has 4 aromatic rings. The summed E-state index contributed by atoms with van der Waals surface area (Å²) in [4.78, 5) is 6.63. The van der Waals surface area contributed by atoms with Crippen molar-refractivity contribution in [1.82, 2.24) is 0 Å². The zero-order valence-electron chi connectivity index (χ0n) is 21.6. The minimum atomic E-state index is -4.34. The van der Waals surface area contributed by atoms with Crippen LogP contribution in [0.1, 0.15) is 11.1 Å². The highest BCUT2D eigenvalue weighted by Crippen LogP contribution is 2.50. The molecule has 0 saturated carbocycles. The van der Waals surface area contributed by atoms with Crippen LogP contribution in [0, 0.1) is 48.2 Å². The maximum atomic E-state index is 13.6. The van der Waals surface area contributed by atoms with Crippen molar-refractivity contribution in [3.63, 3.8) is 0 Å². The minimum Gasteiger partial charge on any atom is -0.459 e. The fourth-order valence-corrected chi connectivity index (χ4v) is 4.55. The summed E-state index contributed by atoms with van der Waals surface area (Å²) in [5.41, 5.74) is 0.718. The van der Waals surface area contributed by atoms with Crippen LogP contribution >= 0.6 is 7.82 Å². The lowest BCUT2D eigenvalue weighted by atomic mass is 10.1. The molecule has 0 spiro atoms. The van der Waals surface area contributed by atoms with Gasteiger partial charge in [0.25, 0.3) is 0 Å². The predicted molar refractivity (Wildman–Crippen MR) is 152 cm³/mol. The van der Waals surface area contributed by atoms with Crippen molar-refractivity contribution in [3.8, 4) is 59.0 Å². The van der Waals surface area contributed by atoms with Gasteiger partial charge in [0.1, 0.15) is 53.2 Å². The number of phosphoric ester groups is 1. The highest BCUT2D eigenvalue weighted by molar-refractivity contribution is 7.49. The third-order valence-electron chi connectivity index (χ3n) is 5.24. The van der Waals surface area contributed by atoms with Crippen LogP contribution in [-0.2, 0) is 9.09 Å². The standard InChI is InChI=1S/C31H17N4O6P/c1-4-15-37-42(36,40-28-9-5-7-24(17-28)38-26-12-11-22(20-32)23(16-26)21-33)41-29-10-6-8-25(18-29)39-27-13-14-30(34-2)31(19-27)35-3/h1,5-14,16-19H,15H2. The Morgan fingerprint density at radius 1 is 0.690 bits per heavy atom. The third kappa shape index (κ3) is 7.25. The van der Waals surface area contributed by atoms with E-state index in [0.717, 1.165) is 0 Å². The Hall–Kier alpha value is -6.21. The summed E-state index contributed by atoms with van der Waals surface area (Å²) in [6.07, 6.45) is 5.30. The lowest BCUT2D eigenvalue weighted by molar-refractivity contribution is 0.232. The fraction of sp³-hybridized carbons (Fsp3) is 0.0323. The second kappa shape index (κ2) is 13.2. The molecule has 0 fully saturated rings. The third-order valence-corrected chi connectivity index (χ3v) is 6.56. The normalized spacial score (nSPS) is 11.2. The molecular weight excluding hydrogens is 555 g/mol. The van der Waals surface area contributed by atoms with Gasteiger partial charge in [-0.2, -0.15) is 10.5 Å². The number of phosphoric acid groups is 1. The van der Waals surface area contributed by atoms with Gasteiger partial charge in [-0.05, 0) is 54.6 Å². The lowest BCUT2D eigenvalue weighted by Gasteiger charge is -2.19. The average molecular weight is 572 g/mol. The molecule has 4 rings (SSSR count). The summed E-state index contributed by atoms with van der Waals surface area (Å²) in [7, 11) is -4.34. The SMILES string of the molecule is [C-]#[N+]c1ccc(Oc2cccc(OP(=O)(OCC#C)Oc3cccc(Oc4ccc(C#N)c(C#N)c4)c3)c2)cc1[N+]#[C-]. The molecule has 0 N–H and O–H groups in total. The largest absolute Gasteiger partial charge is 0.588 e. The van der Waals surface area contributed by atoms with Crippen LogP contribution in [0.15, 0.2) is 84.9 Å². The zero-order chi connectivity index (χ0) is 30.0. The monoisotopic (exact) mass is 572 g/mol. The molecule has 11 heteroatoms. The smallest absolute Gasteiger partial charge is 0.459 e. The number of nitriles is 2. The first-order valence-corrected chi connectivity index (χ1v) is 13.3. The van der Waals surface area contributed by atoms with Gasteiger partial charge in [0.15, 0.2) is 11.4 Å². The number of rotatable bonds is 10. The molecule has 0 aliphatic heterocycles. The number of benzene rings is 4. The summed E-state index contributed by atoms with van der Waals surface area (Å²) < 4.78 is 41.7. The highest BCUT2D eigenvalue weighted by atomic mass is 31.2. The molecule has 0 aromatic heterocycles. The fourth-order valence-electron chi connectivity index (χ4n) is 3.43. The van der Waals surface area contributed by atoms with Crippen LogP contribution in [0.2, 0.25) is 0 Å². The van der Waals surface area contributed by atoms with E-state index in [1.54, 1.807) is 30.3 Å². The summed E-state index contributed by atoms with van der Waals surface area (Å²) in [5.74, 6) is 3.55. The maximum absolute atomic E-state index is 13.6.